The standard InChI is InChI=1S/C19H16BrNO2/c20-17-11-4-3-9-16(17)19(23)21-12-18(22)15-10-5-7-13-6-1-2-8-14(13)15/h1-11,18,22H,12H2,(H,21,23)/t18-/m1/s1. The first-order valence-electron chi connectivity index (χ1n) is 7.35. The average molecular weight is 370 g/mol. The van der Waals surface area contributed by atoms with Crippen molar-refractivity contribution < 1.29 is 9.90 Å². The van der Waals surface area contributed by atoms with Crippen molar-refractivity contribution in [1.82, 2.24) is 5.32 Å². The van der Waals surface area contributed by atoms with E-state index in [4.69, 9.17) is 0 Å². The van der Waals surface area contributed by atoms with Crippen LogP contribution in [0.3, 0.4) is 0 Å². The van der Waals surface area contributed by atoms with Gasteiger partial charge in [0.15, 0.2) is 0 Å². The topological polar surface area (TPSA) is 49.3 Å². The largest absolute Gasteiger partial charge is 0.387 e. The van der Waals surface area contributed by atoms with Gasteiger partial charge >= 0.3 is 0 Å². The van der Waals surface area contributed by atoms with Crippen molar-refractivity contribution >= 4 is 32.6 Å². The molecule has 3 nitrogen and oxygen atoms in total. The highest BCUT2D eigenvalue weighted by Crippen LogP contribution is 2.24. The summed E-state index contributed by atoms with van der Waals surface area (Å²) in [4.78, 5) is 12.2. The summed E-state index contributed by atoms with van der Waals surface area (Å²) in [6.45, 7) is 0.161. The molecule has 23 heavy (non-hydrogen) atoms. The molecule has 0 radical (unpaired) electrons. The van der Waals surface area contributed by atoms with Gasteiger partial charge in [0.25, 0.3) is 5.91 Å². The maximum Gasteiger partial charge on any atom is 0.252 e. The molecule has 4 heteroatoms. The summed E-state index contributed by atoms with van der Waals surface area (Å²) in [5, 5.41) is 15.3. The number of nitrogens with one attached hydrogen (secondary N) is 1. The Morgan fingerprint density at radius 2 is 1.70 bits per heavy atom. The van der Waals surface area contributed by atoms with Gasteiger partial charge in [-0.25, -0.2) is 0 Å². The maximum atomic E-state index is 12.2. The Morgan fingerprint density at radius 3 is 2.52 bits per heavy atom. The second-order valence-corrected chi connectivity index (χ2v) is 6.13. The lowest BCUT2D eigenvalue weighted by atomic mass is 10.0. The van der Waals surface area contributed by atoms with Crippen LogP contribution >= 0.6 is 15.9 Å². The first kappa shape index (κ1) is 15.7. The molecule has 116 valence electrons. The minimum Gasteiger partial charge on any atom is -0.387 e. The van der Waals surface area contributed by atoms with E-state index in [1.807, 2.05) is 54.6 Å². The fourth-order valence-corrected chi connectivity index (χ4v) is 3.05. The molecule has 2 N–H and O–H groups in total. The van der Waals surface area contributed by atoms with Gasteiger partial charge in [0.1, 0.15) is 0 Å². The zero-order valence-corrected chi connectivity index (χ0v) is 14.0. The number of aliphatic hydroxyl groups is 1. The Bertz CT molecular complexity index is 842. The molecule has 1 atom stereocenters. The van der Waals surface area contributed by atoms with Gasteiger partial charge in [-0.3, -0.25) is 4.79 Å². The Kier molecular flexibility index (Phi) is 4.74. The van der Waals surface area contributed by atoms with Crippen molar-refractivity contribution in [2.75, 3.05) is 6.54 Å². The van der Waals surface area contributed by atoms with Gasteiger partial charge in [-0.1, -0.05) is 54.6 Å². The number of carbonyl (C=O) groups is 1. The number of benzene rings is 3. The minimum absolute atomic E-state index is 0.161. The van der Waals surface area contributed by atoms with Crippen molar-refractivity contribution in [3.8, 4) is 0 Å². The molecule has 0 spiro atoms. The van der Waals surface area contributed by atoms with Crippen molar-refractivity contribution in [3.63, 3.8) is 0 Å². The van der Waals surface area contributed by atoms with Crippen LogP contribution in [0.2, 0.25) is 0 Å². The van der Waals surface area contributed by atoms with Crippen LogP contribution in [0.5, 0.6) is 0 Å². The summed E-state index contributed by atoms with van der Waals surface area (Å²) in [6.07, 6.45) is -0.757. The molecule has 0 saturated heterocycles. The second kappa shape index (κ2) is 6.94. The molecule has 1 amide bonds. The van der Waals surface area contributed by atoms with Gasteiger partial charge in [0.05, 0.1) is 11.7 Å². The van der Waals surface area contributed by atoms with Crippen LogP contribution < -0.4 is 5.32 Å². The van der Waals surface area contributed by atoms with Gasteiger partial charge in [-0.2, -0.15) is 0 Å². The summed E-state index contributed by atoms with van der Waals surface area (Å²) in [6, 6.07) is 20.9. The van der Waals surface area contributed by atoms with Crippen LogP contribution in [-0.2, 0) is 0 Å². The first-order valence-corrected chi connectivity index (χ1v) is 8.14. The zero-order valence-electron chi connectivity index (χ0n) is 12.4. The van der Waals surface area contributed by atoms with Crippen LogP contribution in [0.4, 0.5) is 0 Å². The Labute approximate surface area is 143 Å². The highest BCUT2D eigenvalue weighted by molar-refractivity contribution is 9.10. The Hall–Kier alpha value is -2.17. The van der Waals surface area contributed by atoms with Gasteiger partial charge in [0.2, 0.25) is 0 Å². The molecule has 0 aliphatic rings. The van der Waals surface area contributed by atoms with E-state index in [0.29, 0.717) is 5.56 Å². The summed E-state index contributed by atoms with van der Waals surface area (Å²) < 4.78 is 0.733. The summed E-state index contributed by atoms with van der Waals surface area (Å²) in [5.74, 6) is -0.211. The lowest BCUT2D eigenvalue weighted by Crippen LogP contribution is -2.28. The quantitative estimate of drug-likeness (QED) is 0.728. The van der Waals surface area contributed by atoms with Crippen LogP contribution in [0.1, 0.15) is 22.0 Å². The van der Waals surface area contributed by atoms with E-state index >= 15 is 0 Å². The normalized spacial score (nSPS) is 12.1. The van der Waals surface area contributed by atoms with Crippen LogP contribution in [0.25, 0.3) is 10.8 Å². The first-order chi connectivity index (χ1) is 11.2. The third kappa shape index (κ3) is 3.44. The highest BCUT2D eigenvalue weighted by Gasteiger charge is 2.14. The molecule has 3 aromatic carbocycles. The molecule has 0 bridgehead atoms. The lowest BCUT2D eigenvalue weighted by molar-refractivity contribution is 0.0916. The van der Waals surface area contributed by atoms with E-state index in [9.17, 15) is 9.90 Å². The number of amides is 1. The maximum absolute atomic E-state index is 12.2. The summed E-state index contributed by atoms with van der Waals surface area (Å²) >= 11 is 3.36. The zero-order chi connectivity index (χ0) is 16.2. The molecule has 0 aliphatic carbocycles. The van der Waals surface area contributed by atoms with E-state index in [1.165, 1.54) is 0 Å². The number of halogens is 1. The molecule has 0 fully saturated rings. The molecule has 0 aliphatic heterocycles. The van der Waals surface area contributed by atoms with Crippen molar-refractivity contribution in [2.24, 2.45) is 0 Å². The molecular formula is C19H16BrNO2. The molecule has 0 heterocycles. The third-order valence-electron chi connectivity index (χ3n) is 3.76. The van der Waals surface area contributed by atoms with Crippen molar-refractivity contribution in [3.05, 3.63) is 82.3 Å². The smallest absolute Gasteiger partial charge is 0.252 e. The van der Waals surface area contributed by atoms with E-state index in [-0.39, 0.29) is 12.5 Å². The molecule has 3 rings (SSSR count). The van der Waals surface area contributed by atoms with Crippen LogP contribution in [-0.4, -0.2) is 17.6 Å². The van der Waals surface area contributed by atoms with E-state index in [2.05, 4.69) is 21.2 Å². The highest BCUT2D eigenvalue weighted by atomic mass is 79.9. The Morgan fingerprint density at radius 1 is 1.00 bits per heavy atom. The van der Waals surface area contributed by atoms with Gasteiger partial charge < -0.3 is 10.4 Å². The summed E-state index contributed by atoms with van der Waals surface area (Å²) in [7, 11) is 0. The minimum atomic E-state index is -0.757. The number of aliphatic hydroxyl groups excluding tert-OH is 1. The number of fused-ring (bicyclic) bond motifs is 1. The van der Waals surface area contributed by atoms with E-state index in [0.717, 1.165) is 20.8 Å². The van der Waals surface area contributed by atoms with Crippen molar-refractivity contribution in [2.45, 2.75) is 6.10 Å². The van der Waals surface area contributed by atoms with Crippen molar-refractivity contribution in [1.29, 1.82) is 0 Å². The van der Waals surface area contributed by atoms with Gasteiger partial charge in [-0.15, -0.1) is 0 Å². The van der Waals surface area contributed by atoms with Crippen LogP contribution in [0, 0.1) is 0 Å². The number of hydrogen-bond donors (Lipinski definition) is 2. The lowest BCUT2D eigenvalue weighted by Gasteiger charge is -2.15. The number of hydrogen-bond acceptors (Lipinski definition) is 2. The average Bonchev–Trinajstić information content (AvgIpc) is 2.59. The summed E-state index contributed by atoms with van der Waals surface area (Å²) in [5.41, 5.74) is 1.37. The van der Waals surface area contributed by atoms with Gasteiger partial charge in [-0.05, 0) is 44.4 Å². The predicted molar refractivity (Wildman–Crippen MR) is 95.4 cm³/mol. The molecule has 3 aromatic rings. The fourth-order valence-electron chi connectivity index (χ4n) is 2.58. The molecule has 0 aromatic heterocycles. The van der Waals surface area contributed by atoms with E-state index < -0.39 is 6.10 Å². The fraction of sp³-hybridized carbons (Fsp3) is 0.105. The van der Waals surface area contributed by atoms with E-state index in [1.54, 1.807) is 12.1 Å². The molecular weight excluding hydrogens is 354 g/mol. The second-order valence-electron chi connectivity index (χ2n) is 5.27. The monoisotopic (exact) mass is 369 g/mol. The Balaban J connectivity index is 1.75. The molecule has 0 saturated carbocycles. The SMILES string of the molecule is O=C(NC[C@@H](O)c1cccc2ccccc12)c1ccccc1Br. The number of carbonyl (C=O) groups excluding carboxylic acids is 1. The predicted octanol–water partition coefficient (Wildman–Crippen LogP) is 4.07. The number of rotatable bonds is 4. The van der Waals surface area contributed by atoms with Crippen LogP contribution in [0.15, 0.2) is 71.2 Å². The van der Waals surface area contributed by atoms with Gasteiger partial charge in [0, 0.05) is 11.0 Å². The third-order valence-corrected chi connectivity index (χ3v) is 4.45. The molecule has 0 unspecified atom stereocenters.